The number of likely N-dealkylation sites (tertiary alicyclic amines) is 1. The van der Waals surface area contributed by atoms with Gasteiger partial charge in [-0.1, -0.05) is 85.0 Å². The quantitative estimate of drug-likeness (QED) is 0.643. The summed E-state index contributed by atoms with van der Waals surface area (Å²) in [6.07, 6.45) is 11.8. The Morgan fingerprint density at radius 2 is 1.23 bits per heavy atom. The van der Waals surface area contributed by atoms with E-state index in [-0.39, 0.29) is 0 Å². The molecular weight excluding hydrogens is 316 g/mol. The van der Waals surface area contributed by atoms with E-state index in [0.717, 1.165) is 19.6 Å². The number of hydrogen-bond donors (Lipinski definition) is 0. The maximum absolute atomic E-state index is 2.59. The monoisotopic (exact) mass is 346 g/mol. The topological polar surface area (TPSA) is 6.48 Å². The van der Waals surface area contributed by atoms with Gasteiger partial charge in [0.1, 0.15) is 0 Å². The van der Waals surface area contributed by atoms with Crippen LogP contribution in [0.15, 0.2) is 72.8 Å². The van der Waals surface area contributed by atoms with Crippen LogP contribution in [-0.4, -0.2) is 49.1 Å². The van der Waals surface area contributed by atoms with Crippen molar-refractivity contribution in [3.63, 3.8) is 0 Å². The Bertz CT molecular complexity index is 618. The van der Waals surface area contributed by atoms with Crippen LogP contribution in [0.25, 0.3) is 12.2 Å². The Balaban J connectivity index is 1.53. The fourth-order valence-electron chi connectivity index (χ4n) is 3.35. The SMILES string of the molecule is C(=C\c1ccccc1)/CN(C/C=C/c1ccccc1)CCN1CCCC1. The molecule has 0 spiro atoms. The van der Waals surface area contributed by atoms with E-state index >= 15 is 0 Å². The van der Waals surface area contributed by atoms with Gasteiger partial charge in [0, 0.05) is 26.2 Å². The molecular formula is C24H30N2. The van der Waals surface area contributed by atoms with Gasteiger partial charge in [-0.05, 0) is 37.1 Å². The summed E-state index contributed by atoms with van der Waals surface area (Å²) in [5, 5.41) is 0. The fourth-order valence-corrected chi connectivity index (χ4v) is 3.35. The molecule has 2 nitrogen and oxygen atoms in total. The first-order valence-electron chi connectivity index (χ1n) is 9.78. The van der Waals surface area contributed by atoms with E-state index in [9.17, 15) is 0 Å². The summed E-state index contributed by atoms with van der Waals surface area (Å²) in [6, 6.07) is 21.1. The summed E-state index contributed by atoms with van der Waals surface area (Å²) >= 11 is 0. The molecule has 2 aromatic carbocycles. The molecule has 2 heteroatoms. The van der Waals surface area contributed by atoms with E-state index in [0.29, 0.717) is 0 Å². The first-order chi connectivity index (χ1) is 12.9. The van der Waals surface area contributed by atoms with Crippen LogP contribution in [0.1, 0.15) is 24.0 Å². The average molecular weight is 347 g/mol. The molecule has 0 atom stereocenters. The third-order valence-electron chi connectivity index (χ3n) is 4.88. The second kappa shape index (κ2) is 10.7. The Morgan fingerprint density at radius 3 is 1.73 bits per heavy atom. The molecule has 0 N–H and O–H groups in total. The van der Waals surface area contributed by atoms with Gasteiger partial charge in [0.05, 0.1) is 0 Å². The molecule has 0 radical (unpaired) electrons. The highest BCUT2D eigenvalue weighted by Gasteiger charge is 2.12. The molecule has 2 aromatic rings. The smallest absolute Gasteiger partial charge is 0.0170 e. The minimum atomic E-state index is 0.988. The van der Waals surface area contributed by atoms with Crippen molar-refractivity contribution in [1.29, 1.82) is 0 Å². The van der Waals surface area contributed by atoms with Crippen molar-refractivity contribution < 1.29 is 0 Å². The molecule has 0 aliphatic carbocycles. The fraction of sp³-hybridized carbons (Fsp3) is 0.333. The Hall–Kier alpha value is -2.16. The van der Waals surface area contributed by atoms with Crippen LogP contribution < -0.4 is 0 Å². The summed E-state index contributed by atoms with van der Waals surface area (Å²) in [5.41, 5.74) is 2.54. The lowest BCUT2D eigenvalue weighted by atomic mass is 10.2. The summed E-state index contributed by atoms with van der Waals surface area (Å²) in [6.45, 7) is 6.82. The molecule has 0 bridgehead atoms. The van der Waals surface area contributed by atoms with Crippen molar-refractivity contribution in [2.75, 3.05) is 39.3 Å². The lowest BCUT2D eigenvalue weighted by Crippen LogP contribution is -2.34. The summed E-state index contributed by atoms with van der Waals surface area (Å²) < 4.78 is 0. The first-order valence-corrected chi connectivity index (χ1v) is 9.78. The van der Waals surface area contributed by atoms with Gasteiger partial charge in [-0.2, -0.15) is 0 Å². The van der Waals surface area contributed by atoms with Gasteiger partial charge in [0.2, 0.25) is 0 Å². The number of hydrogen-bond acceptors (Lipinski definition) is 2. The van der Waals surface area contributed by atoms with Crippen molar-refractivity contribution >= 4 is 12.2 Å². The van der Waals surface area contributed by atoms with E-state index in [1.165, 1.54) is 43.6 Å². The van der Waals surface area contributed by atoms with Crippen LogP contribution in [0, 0.1) is 0 Å². The highest BCUT2D eigenvalue weighted by molar-refractivity contribution is 5.49. The van der Waals surface area contributed by atoms with Crippen LogP contribution in [0.3, 0.4) is 0 Å². The molecule has 3 rings (SSSR count). The molecule has 0 saturated carbocycles. The maximum Gasteiger partial charge on any atom is 0.0170 e. The highest BCUT2D eigenvalue weighted by Crippen LogP contribution is 2.08. The number of benzene rings is 2. The van der Waals surface area contributed by atoms with Crippen LogP contribution in [-0.2, 0) is 0 Å². The van der Waals surface area contributed by atoms with Gasteiger partial charge in [-0.15, -0.1) is 0 Å². The summed E-state index contributed by atoms with van der Waals surface area (Å²) in [4.78, 5) is 5.12. The predicted octanol–water partition coefficient (Wildman–Crippen LogP) is 4.81. The zero-order valence-electron chi connectivity index (χ0n) is 15.6. The Morgan fingerprint density at radius 1 is 0.731 bits per heavy atom. The molecule has 1 aliphatic rings. The molecule has 0 unspecified atom stereocenters. The van der Waals surface area contributed by atoms with Crippen molar-refractivity contribution in [2.24, 2.45) is 0 Å². The third kappa shape index (κ3) is 6.62. The summed E-state index contributed by atoms with van der Waals surface area (Å²) in [7, 11) is 0. The van der Waals surface area contributed by atoms with Crippen LogP contribution in [0.2, 0.25) is 0 Å². The normalized spacial score (nSPS) is 15.6. The molecule has 0 aromatic heterocycles. The van der Waals surface area contributed by atoms with Crippen LogP contribution >= 0.6 is 0 Å². The van der Waals surface area contributed by atoms with E-state index < -0.39 is 0 Å². The van der Waals surface area contributed by atoms with Gasteiger partial charge < -0.3 is 4.90 Å². The predicted molar refractivity (Wildman–Crippen MR) is 113 cm³/mol. The van der Waals surface area contributed by atoms with E-state index in [1.807, 2.05) is 0 Å². The van der Waals surface area contributed by atoms with Crippen molar-refractivity contribution in [1.82, 2.24) is 9.80 Å². The van der Waals surface area contributed by atoms with Crippen LogP contribution in [0.5, 0.6) is 0 Å². The highest BCUT2D eigenvalue weighted by atomic mass is 15.2. The third-order valence-corrected chi connectivity index (χ3v) is 4.88. The molecule has 1 fully saturated rings. The first kappa shape index (κ1) is 18.6. The molecule has 136 valence electrons. The van der Waals surface area contributed by atoms with Crippen LogP contribution in [0.4, 0.5) is 0 Å². The van der Waals surface area contributed by atoms with Gasteiger partial charge in [-0.3, -0.25) is 4.90 Å². The van der Waals surface area contributed by atoms with Gasteiger partial charge >= 0.3 is 0 Å². The zero-order valence-corrected chi connectivity index (χ0v) is 15.6. The minimum absolute atomic E-state index is 0.988. The molecule has 1 aliphatic heterocycles. The Kier molecular flexibility index (Phi) is 7.70. The molecule has 1 heterocycles. The largest absolute Gasteiger partial charge is 0.302 e. The maximum atomic E-state index is 2.59. The van der Waals surface area contributed by atoms with Gasteiger partial charge in [0.25, 0.3) is 0 Å². The second-order valence-electron chi connectivity index (χ2n) is 6.93. The lowest BCUT2D eigenvalue weighted by molar-refractivity contribution is 0.256. The van der Waals surface area contributed by atoms with Crippen molar-refractivity contribution in [2.45, 2.75) is 12.8 Å². The molecule has 26 heavy (non-hydrogen) atoms. The standard InChI is InChI=1S/C24H30N2/c1-3-11-23(12-4-1)15-9-19-26(22-21-25-17-7-8-18-25)20-10-16-24-13-5-2-6-14-24/h1-6,9-16H,7-8,17-22H2/b15-9+,16-10+. The summed E-state index contributed by atoms with van der Waals surface area (Å²) in [5.74, 6) is 0. The van der Waals surface area contributed by atoms with Crippen molar-refractivity contribution in [3.05, 3.63) is 83.9 Å². The van der Waals surface area contributed by atoms with Gasteiger partial charge in [-0.25, -0.2) is 0 Å². The van der Waals surface area contributed by atoms with E-state index in [2.05, 4.69) is 94.8 Å². The zero-order chi connectivity index (χ0) is 17.9. The van der Waals surface area contributed by atoms with E-state index in [1.54, 1.807) is 0 Å². The Labute approximate surface area is 158 Å². The number of nitrogens with zero attached hydrogens (tertiary/aromatic N) is 2. The second-order valence-corrected chi connectivity index (χ2v) is 6.93. The molecule has 0 amide bonds. The molecule has 1 saturated heterocycles. The minimum Gasteiger partial charge on any atom is -0.302 e. The van der Waals surface area contributed by atoms with Gasteiger partial charge in [0.15, 0.2) is 0 Å². The average Bonchev–Trinajstić information content (AvgIpc) is 3.21. The number of rotatable bonds is 9. The van der Waals surface area contributed by atoms with Crippen molar-refractivity contribution in [3.8, 4) is 0 Å². The lowest BCUT2D eigenvalue weighted by Gasteiger charge is -2.23. The van der Waals surface area contributed by atoms with E-state index in [4.69, 9.17) is 0 Å².